The highest BCUT2D eigenvalue weighted by molar-refractivity contribution is 5.69. The minimum atomic E-state index is 0.427. The summed E-state index contributed by atoms with van der Waals surface area (Å²) in [5, 5.41) is 3.29. The molecule has 1 aliphatic rings. The van der Waals surface area contributed by atoms with Crippen LogP contribution in [0, 0.1) is 6.92 Å². The first-order valence-corrected chi connectivity index (χ1v) is 7.65. The molecule has 0 spiro atoms. The molecule has 1 unspecified atom stereocenters. The van der Waals surface area contributed by atoms with Gasteiger partial charge >= 0.3 is 0 Å². The van der Waals surface area contributed by atoms with Gasteiger partial charge in [-0.3, -0.25) is 0 Å². The van der Waals surface area contributed by atoms with Gasteiger partial charge in [-0.05, 0) is 38.3 Å². The Kier molecular flexibility index (Phi) is 3.78. The molecule has 0 bridgehead atoms. The predicted molar refractivity (Wildman–Crippen MR) is 87.3 cm³/mol. The Morgan fingerprint density at radius 3 is 2.90 bits per heavy atom. The van der Waals surface area contributed by atoms with Crippen molar-refractivity contribution in [3.05, 3.63) is 41.6 Å². The summed E-state index contributed by atoms with van der Waals surface area (Å²) in [4.78, 5) is 11.5. The average molecular weight is 282 g/mol. The van der Waals surface area contributed by atoms with E-state index in [4.69, 9.17) is 4.98 Å². The second kappa shape index (κ2) is 5.72. The monoisotopic (exact) mass is 282 g/mol. The van der Waals surface area contributed by atoms with E-state index in [1.54, 1.807) is 0 Å². The van der Waals surface area contributed by atoms with Crippen LogP contribution in [0.1, 0.15) is 31.5 Å². The van der Waals surface area contributed by atoms with Crippen LogP contribution < -0.4 is 10.2 Å². The van der Waals surface area contributed by atoms with Crippen molar-refractivity contribution in [2.45, 2.75) is 39.7 Å². The molecule has 4 heteroatoms. The summed E-state index contributed by atoms with van der Waals surface area (Å²) in [6.07, 6.45) is 2.13. The van der Waals surface area contributed by atoms with Gasteiger partial charge in [0.25, 0.3) is 0 Å². The molecule has 1 N–H and O–H groups in total. The van der Waals surface area contributed by atoms with E-state index in [1.165, 1.54) is 11.3 Å². The van der Waals surface area contributed by atoms with Crippen molar-refractivity contribution in [1.29, 1.82) is 0 Å². The third kappa shape index (κ3) is 2.71. The van der Waals surface area contributed by atoms with E-state index in [9.17, 15) is 0 Å². The molecule has 0 fully saturated rings. The Morgan fingerprint density at radius 1 is 1.29 bits per heavy atom. The molecule has 1 aliphatic heterocycles. The SMILES string of the molecule is CCCNc1nc(C)cc(N2c3ccccc3CC2C)n1. The summed E-state index contributed by atoms with van der Waals surface area (Å²) < 4.78 is 0. The minimum absolute atomic E-state index is 0.427. The molecule has 1 atom stereocenters. The van der Waals surface area contributed by atoms with Crippen molar-refractivity contribution in [3.8, 4) is 0 Å². The van der Waals surface area contributed by atoms with Gasteiger partial charge in [-0.1, -0.05) is 25.1 Å². The molecule has 1 aromatic carbocycles. The molecule has 0 saturated heterocycles. The quantitative estimate of drug-likeness (QED) is 0.928. The fraction of sp³-hybridized carbons (Fsp3) is 0.412. The van der Waals surface area contributed by atoms with E-state index in [-0.39, 0.29) is 0 Å². The van der Waals surface area contributed by atoms with E-state index < -0.39 is 0 Å². The highest BCUT2D eigenvalue weighted by Gasteiger charge is 2.28. The van der Waals surface area contributed by atoms with Gasteiger partial charge in [0, 0.05) is 30.0 Å². The number of para-hydroxylation sites is 1. The molecular weight excluding hydrogens is 260 g/mol. The molecule has 110 valence electrons. The van der Waals surface area contributed by atoms with Gasteiger partial charge in [0.1, 0.15) is 5.82 Å². The number of aromatic nitrogens is 2. The molecule has 1 aromatic heterocycles. The van der Waals surface area contributed by atoms with Gasteiger partial charge in [-0.2, -0.15) is 4.98 Å². The molecule has 0 aliphatic carbocycles. The van der Waals surface area contributed by atoms with Crippen molar-refractivity contribution in [1.82, 2.24) is 9.97 Å². The van der Waals surface area contributed by atoms with E-state index in [0.717, 1.165) is 36.8 Å². The van der Waals surface area contributed by atoms with Crippen LogP contribution in [0.15, 0.2) is 30.3 Å². The number of anilines is 3. The highest BCUT2D eigenvalue weighted by atomic mass is 15.3. The molecule has 0 radical (unpaired) electrons. The number of aryl methyl sites for hydroxylation is 1. The Bertz CT molecular complexity index is 638. The number of rotatable bonds is 4. The van der Waals surface area contributed by atoms with Crippen molar-refractivity contribution < 1.29 is 0 Å². The minimum Gasteiger partial charge on any atom is -0.354 e. The van der Waals surface area contributed by atoms with Crippen LogP contribution in [0.2, 0.25) is 0 Å². The lowest BCUT2D eigenvalue weighted by Crippen LogP contribution is -2.25. The van der Waals surface area contributed by atoms with Gasteiger partial charge in [0.15, 0.2) is 0 Å². The predicted octanol–water partition coefficient (Wildman–Crippen LogP) is 3.69. The summed E-state index contributed by atoms with van der Waals surface area (Å²) in [5.41, 5.74) is 3.66. The molecule has 4 nitrogen and oxygen atoms in total. The van der Waals surface area contributed by atoms with Crippen LogP contribution in [-0.2, 0) is 6.42 Å². The Balaban J connectivity index is 1.98. The number of nitrogens with one attached hydrogen (secondary N) is 1. The number of benzene rings is 1. The lowest BCUT2D eigenvalue weighted by Gasteiger charge is -2.24. The zero-order chi connectivity index (χ0) is 14.8. The zero-order valence-corrected chi connectivity index (χ0v) is 12.9. The van der Waals surface area contributed by atoms with Crippen molar-refractivity contribution in [2.24, 2.45) is 0 Å². The van der Waals surface area contributed by atoms with Gasteiger partial charge in [-0.25, -0.2) is 4.98 Å². The summed E-state index contributed by atoms with van der Waals surface area (Å²) in [6.45, 7) is 7.31. The van der Waals surface area contributed by atoms with Crippen molar-refractivity contribution >= 4 is 17.5 Å². The van der Waals surface area contributed by atoms with Gasteiger partial charge in [0.2, 0.25) is 5.95 Å². The smallest absolute Gasteiger partial charge is 0.224 e. The van der Waals surface area contributed by atoms with Gasteiger partial charge < -0.3 is 10.2 Å². The largest absolute Gasteiger partial charge is 0.354 e. The molecule has 21 heavy (non-hydrogen) atoms. The van der Waals surface area contributed by atoms with E-state index in [1.807, 2.05) is 6.92 Å². The van der Waals surface area contributed by atoms with Crippen LogP contribution in [-0.4, -0.2) is 22.6 Å². The maximum atomic E-state index is 4.71. The van der Waals surface area contributed by atoms with Crippen molar-refractivity contribution in [2.75, 3.05) is 16.8 Å². The van der Waals surface area contributed by atoms with E-state index in [2.05, 4.69) is 59.4 Å². The highest BCUT2D eigenvalue weighted by Crippen LogP contribution is 2.37. The van der Waals surface area contributed by atoms with Crippen LogP contribution in [0.5, 0.6) is 0 Å². The van der Waals surface area contributed by atoms with Gasteiger partial charge in [0.05, 0.1) is 0 Å². The Labute approximate surface area is 126 Å². The maximum absolute atomic E-state index is 4.71. The second-order valence-electron chi connectivity index (χ2n) is 5.67. The van der Waals surface area contributed by atoms with Crippen LogP contribution in [0.4, 0.5) is 17.5 Å². The summed E-state index contributed by atoms with van der Waals surface area (Å²) in [6, 6.07) is 11.1. The van der Waals surface area contributed by atoms with E-state index >= 15 is 0 Å². The molecule has 2 heterocycles. The number of hydrogen-bond acceptors (Lipinski definition) is 4. The standard InChI is InChI=1S/C17H22N4/c1-4-9-18-17-19-12(2)10-16(20-17)21-13(3)11-14-7-5-6-8-15(14)21/h5-8,10,13H,4,9,11H2,1-3H3,(H,18,19,20). The lowest BCUT2D eigenvalue weighted by atomic mass is 10.1. The average Bonchev–Trinajstić information content (AvgIpc) is 2.80. The molecule has 0 amide bonds. The topological polar surface area (TPSA) is 41.1 Å². The third-order valence-corrected chi connectivity index (χ3v) is 3.83. The number of fused-ring (bicyclic) bond motifs is 1. The third-order valence-electron chi connectivity index (χ3n) is 3.83. The fourth-order valence-corrected chi connectivity index (χ4v) is 2.91. The van der Waals surface area contributed by atoms with Gasteiger partial charge in [-0.15, -0.1) is 0 Å². The molecule has 2 aromatic rings. The molecule has 0 saturated carbocycles. The van der Waals surface area contributed by atoms with Crippen LogP contribution in [0.3, 0.4) is 0 Å². The summed E-state index contributed by atoms with van der Waals surface area (Å²) >= 11 is 0. The number of nitrogens with zero attached hydrogens (tertiary/aromatic N) is 3. The summed E-state index contributed by atoms with van der Waals surface area (Å²) in [5.74, 6) is 1.71. The van der Waals surface area contributed by atoms with Crippen LogP contribution in [0.25, 0.3) is 0 Å². The second-order valence-corrected chi connectivity index (χ2v) is 5.67. The normalized spacial score (nSPS) is 16.9. The Morgan fingerprint density at radius 2 is 2.10 bits per heavy atom. The van der Waals surface area contributed by atoms with Crippen molar-refractivity contribution in [3.63, 3.8) is 0 Å². The van der Waals surface area contributed by atoms with E-state index in [0.29, 0.717) is 6.04 Å². The number of hydrogen-bond donors (Lipinski definition) is 1. The molecular formula is C17H22N4. The maximum Gasteiger partial charge on any atom is 0.224 e. The summed E-state index contributed by atoms with van der Waals surface area (Å²) in [7, 11) is 0. The lowest BCUT2D eigenvalue weighted by molar-refractivity contribution is 0.748. The first kappa shape index (κ1) is 13.9. The fourth-order valence-electron chi connectivity index (χ4n) is 2.91. The van der Waals surface area contributed by atoms with Crippen LogP contribution >= 0.6 is 0 Å². The zero-order valence-electron chi connectivity index (χ0n) is 12.9. The first-order chi connectivity index (χ1) is 10.2. The molecule has 3 rings (SSSR count). The Hall–Kier alpha value is -2.10. The first-order valence-electron chi connectivity index (χ1n) is 7.65.